The quantitative estimate of drug-likeness (QED) is 0.641. The molecule has 30 heavy (non-hydrogen) atoms. The molecule has 1 saturated heterocycles. The maximum atomic E-state index is 12.8. The molecule has 2 heterocycles. The number of aryl methyl sites for hydroxylation is 1. The normalized spacial score (nSPS) is 18.1. The van der Waals surface area contributed by atoms with E-state index in [9.17, 15) is 14.4 Å². The van der Waals surface area contributed by atoms with E-state index >= 15 is 0 Å². The maximum Gasteiger partial charge on any atom is 0.322 e. The molecule has 1 aromatic heterocycles. The molecule has 0 bridgehead atoms. The number of nitrogens with one attached hydrogen (secondary N) is 2. The van der Waals surface area contributed by atoms with Gasteiger partial charge >= 0.3 is 6.03 Å². The highest BCUT2D eigenvalue weighted by molar-refractivity contribution is 6.07. The summed E-state index contributed by atoms with van der Waals surface area (Å²) >= 11 is 0. The van der Waals surface area contributed by atoms with Gasteiger partial charge in [0.2, 0.25) is 0 Å². The van der Waals surface area contributed by atoms with Crippen LogP contribution in [0.2, 0.25) is 0 Å². The number of rotatable bonds is 5. The number of urea groups is 1. The van der Waals surface area contributed by atoms with Crippen LogP contribution in [0.3, 0.4) is 0 Å². The van der Waals surface area contributed by atoms with Crippen LogP contribution in [0.15, 0.2) is 71.7 Å². The minimum Gasteiger partial charge on any atom is -0.497 e. The van der Waals surface area contributed by atoms with E-state index in [0.717, 1.165) is 16.9 Å². The summed E-state index contributed by atoms with van der Waals surface area (Å²) in [5.41, 5.74) is 1.53. The number of carbonyl (C=O) groups is 2. The van der Waals surface area contributed by atoms with Crippen molar-refractivity contribution < 1.29 is 14.3 Å². The second kappa shape index (κ2) is 7.51. The summed E-state index contributed by atoms with van der Waals surface area (Å²) in [6, 6.07) is 17.9. The molecule has 152 valence electrons. The first kappa shape index (κ1) is 19.4. The molecule has 0 aliphatic carbocycles. The highest BCUT2D eigenvalue weighted by atomic mass is 16.5. The lowest BCUT2D eigenvalue weighted by molar-refractivity contribution is -0.124. The molecule has 1 aliphatic heterocycles. The highest BCUT2D eigenvalue weighted by Gasteiger charge is 2.48. The Morgan fingerprint density at radius 2 is 1.57 bits per heavy atom. The van der Waals surface area contributed by atoms with Crippen LogP contribution in [0.25, 0.3) is 11.1 Å². The molecular weight excluding hydrogens is 382 g/mol. The van der Waals surface area contributed by atoms with E-state index in [1.807, 2.05) is 36.4 Å². The first-order valence-electron chi connectivity index (χ1n) is 9.47. The first-order chi connectivity index (χ1) is 14.4. The van der Waals surface area contributed by atoms with Crippen molar-refractivity contribution in [3.8, 4) is 16.9 Å². The van der Waals surface area contributed by atoms with E-state index in [-0.39, 0.29) is 12.1 Å². The second-order valence-corrected chi connectivity index (χ2v) is 7.24. The van der Waals surface area contributed by atoms with E-state index in [1.54, 1.807) is 44.5 Å². The van der Waals surface area contributed by atoms with Gasteiger partial charge in [0.1, 0.15) is 5.75 Å². The molecule has 1 fully saturated rings. The SMILES string of the molecule is COc1ccc(-c2ccc(C3(Cn4cccc(C)c4=O)NC(=O)NC3=O)cc2)cc1. The molecule has 4 rings (SSSR count). The zero-order chi connectivity index (χ0) is 21.3. The van der Waals surface area contributed by atoms with Crippen LogP contribution in [0, 0.1) is 6.92 Å². The number of ether oxygens (including phenoxy) is 1. The van der Waals surface area contributed by atoms with Gasteiger partial charge in [0.15, 0.2) is 5.54 Å². The smallest absolute Gasteiger partial charge is 0.322 e. The van der Waals surface area contributed by atoms with Gasteiger partial charge in [-0.05, 0) is 41.8 Å². The number of imide groups is 1. The number of carbonyl (C=O) groups excluding carboxylic acids is 2. The van der Waals surface area contributed by atoms with Gasteiger partial charge in [-0.1, -0.05) is 42.5 Å². The number of pyridine rings is 1. The summed E-state index contributed by atoms with van der Waals surface area (Å²) < 4.78 is 6.63. The van der Waals surface area contributed by atoms with Crippen molar-refractivity contribution in [2.45, 2.75) is 19.0 Å². The average Bonchev–Trinajstić information content (AvgIpc) is 3.05. The Morgan fingerprint density at radius 1 is 0.933 bits per heavy atom. The van der Waals surface area contributed by atoms with Crippen LogP contribution < -0.4 is 20.9 Å². The third-order valence-corrected chi connectivity index (χ3v) is 5.36. The fraction of sp³-hybridized carbons (Fsp3) is 0.174. The van der Waals surface area contributed by atoms with Crippen molar-refractivity contribution in [2.24, 2.45) is 0 Å². The lowest BCUT2D eigenvalue weighted by atomic mass is 9.88. The average molecular weight is 403 g/mol. The molecule has 3 amide bonds. The number of benzene rings is 2. The molecular formula is C23H21N3O4. The van der Waals surface area contributed by atoms with Crippen molar-refractivity contribution in [3.05, 3.63) is 88.3 Å². The minimum atomic E-state index is -1.37. The van der Waals surface area contributed by atoms with Gasteiger partial charge in [-0.3, -0.25) is 14.9 Å². The Bertz CT molecular complexity index is 1170. The fourth-order valence-corrected chi connectivity index (χ4v) is 3.66. The Labute approximate surface area is 173 Å². The summed E-state index contributed by atoms with van der Waals surface area (Å²) in [5, 5.41) is 5.03. The fourth-order valence-electron chi connectivity index (χ4n) is 3.66. The van der Waals surface area contributed by atoms with Crippen LogP contribution in [-0.2, 0) is 16.9 Å². The van der Waals surface area contributed by atoms with Crippen molar-refractivity contribution in [2.75, 3.05) is 7.11 Å². The number of methoxy groups -OCH3 is 1. The molecule has 7 heteroatoms. The number of aromatic nitrogens is 1. The third-order valence-electron chi connectivity index (χ3n) is 5.36. The number of nitrogens with zero attached hydrogens (tertiary/aromatic N) is 1. The second-order valence-electron chi connectivity index (χ2n) is 7.24. The molecule has 2 aromatic carbocycles. The van der Waals surface area contributed by atoms with E-state index in [4.69, 9.17) is 4.74 Å². The Balaban J connectivity index is 1.73. The molecule has 7 nitrogen and oxygen atoms in total. The highest BCUT2D eigenvalue weighted by Crippen LogP contribution is 2.30. The molecule has 0 spiro atoms. The van der Waals surface area contributed by atoms with Gasteiger partial charge in [0.05, 0.1) is 13.7 Å². The zero-order valence-electron chi connectivity index (χ0n) is 16.6. The van der Waals surface area contributed by atoms with Crippen molar-refractivity contribution in [3.63, 3.8) is 0 Å². The summed E-state index contributed by atoms with van der Waals surface area (Å²) in [7, 11) is 1.61. The first-order valence-corrected chi connectivity index (χ1v) is 9.47. The molecule has 1 aliphatic rings. The van der Waals surface area contributed by atoms with Crippen LogP contribution in [0.1, 0.15) is 11.1 Å². The topological polar surface area (TPSA) is 89.4 Å². The van der Waals surface area contributed by atoms with Crippen molar-refractivity contribution in [1.82, 2.24) is 15.2 Å². The molecule has 0 saturated carbocycles. The minimum absolute atomic E-state index is 0.00698. The predicted octanol–water partition coefficient (Wildman–Crippen LogP) is 2.57. The standard InChI is InChI=1S/C23H21N3O4/c1-15-4-3-13-26(20(15)27)14-23(21(28)24-22(29)25-23)18-9-5-16(6-10-18)17-7-11-19(30-2)12-8-17/h3-13H,14H2,1-2H3,(H2,24,25,28,29). The van der Waals surface area contributed by atoms with E-state index in [0.29, 0.717) is 11.1 Å². The van der Waals surface area contributed by atoms with Gasteiger partial charge < -0.3 is 14.6 Å². The van der Waals surface area contributed by atoms with Crippen LogP contribution in [0.5, 0.6) is 5.75 Å². The number of hydrogen-bond donors (Lipinski definition) is 2. The summed E-state index contributed by atoms with van der Waals surface area (Å²) in [5.74, 6) is 0.279. The van der Waals surface area contributed by atoms with Crippen LogP contribution in [0.4, 0.5) is 4.79 Å². The van der Waals surface area contributed by atoms with Gasteiger partial charge in [-0.25, -0.2) is 4.79 Å². The molecule has 3 aromatic rings. The summed E-state index contributed by atoms with van der Waals surface area (Å²) in [6.07, 6.45) is 1.61. The van der Waals surface area contributed by atoms with E-state index in [2.05, 4.69) is 10.6 Å². The monoisotopic (exact) mass is 403 g/mol. The Kier molecular flexibility index (Phi) is 4.87. The van der Waals surface area contributed by atoms with Crippen LogP contribution in [-0.4, -0.2) is 23.6 Å². The Morgan fingerprint density at radius 3 is 2.13 bits per heavy atom. The number of hydrogen-bond acceptors (Lipinski definition) is 4. The molecule has 0 radical (unpaired) electrons. The summed E-state index contributed by atoms with van der Waals surface area (Å²) in [6.45, 7) is 1.70. The van der Waals surface area contributed by atoms with E-state index < -0.39 is 17.5 Å². The van der Waals surface area contributed by atoms with Gasteiger partial charge in [-0.15, -0.1) is 0 Å². The zero-order valence-corrected chi connectivity index (χ0v) is 16.6. The van der Waals surface area contributed by atoms with Gasteiger partial charge in [0.25, 0.3) is 11.5 Å². The molecule has 2 N–H and O–H groups in total. The van der Waals surface area contributed by atoms with Gasteiger partial charge in [-0.2, -0.15) is 0 Å². The molecule has 1 unspecified atom stereocenters. The van der Waals surface area contributed by atoms with E-state index in [1.165, 1.54) is 4.57 Å². The maximum absolute atomic E-state index is 12.8. The largest absolute Gasteiger partial charge is 0.497 e. The Hall–Kier alpha value is -3.87. The molecule has 1 atom stereocenters. The predicted molar refractivity (Wildman–Crippen MR) is 112 cm³/mol. The van der Waals surface area contributed by atoms with Gasteiger partial charge in [0, 0.05) is 11.8 Å². The lowest BCUT2D eigenvalue weighted by Gasteiger charge is -2.27. The van der Waals surface area contributed by atoms with Crippen molar-refractivity contribution in [1.29, 1.82) is 0 Å². The summed E-state index contributed by atoms with van der Waals surface area (Å²) in [4.78, 5) is 37.3. The number of amides is 3. The lowest BCUT2D eigenvalue weighted by Crippen LogP contribution is -2.49. The third kappa shape index (κ3) is 3.34. The van der Waals surface area contributed by atoms with Crippen molar-refractivity contribution >= 4 is 11.9 Å². The van der Waals surface area contributed by atoms with Crippen LogP contribution >= 0.6 is 0 Å².